The van der Waals surface area contributed by atoms with Gasteiger partial charge in [0.25, 0.3) is 5.91 Å². The Labute approximate surface area is 200 Å². The standard InChI is InChI=1S/C27H30N2O5/c1-17-8-11-19(12-9-17)29-21(14-23(31)34-27(5,6)7)20-16-28-15-18(24(20)25(29)32)10-13-22(30)33-26(2,3)4/h8-16H,1-7H3/b13-10+,21-14+. The number of carbonyl (C=O) groups is 3. The van der Waals surface area contributed by atoms with Gasteiger partial charge in [0, 0.05) is 41.4 Å². The fraction of sp³-hybridized carbons (Fsp3) is 0.333. The molecule has 0 aliphatic carbocycles. The summed E-state index contributed by atoms with van der Waals surface area (Å²) in [6.07, 6.45) is 7.10. The van der Waals surface area contributed by atoms with Crippen molar-refractivity contribution in [2.24, 2.45) is 0 Å². The van der Waals surface area contributed by atoms with Crippen molar-refractivity contribution in [3.63, 3.8) is 0 Å². The summed E-state index contributed by atoms with van der Waals surface area (Å²) in [4.78, 5) is 44.1. The highest BCUT2D eigenvalue weighted by Gasteiger charge is 2.36. The predicted octanol–water partition coefficient (Wildman–Crippen LogP) is 5.09. The van der Waals surface area contributed by atoms with Crippen LogP contribution in [0.15, 0.2) is 48.8 Å². The summed E-state index contributed by atoms with van der Waals surface area (Å²) < 4.78 is 10.8. The molecule has 7 nitrogen and oxygen atoms in total. The third-order valence-electron chi connectivity index (χ3n) is 4.67. The van der Waals surface area contributed by atoms with Gasteiger partial charge in [-0.05, 0) is 66.7 Å². The first kappa shape index (κ1) is 24.9. The maximum absolute atomic E-state index is 13.6. The molecule has 0 bridgehead atoms. The minimum absolute atomic E-state index is 0.333. The third kappa shape index (κ3) is 5.98. The van der Waals surface area contributed by atoms with Crippen molar-refractivity contribution < 1.29 is 23.9 Å². The average Bonchev–Trinajstić information content (AvgIpc) is 2.97. The molecule has 34 heavy (non-hydrogen) atoms. The van der Waals surface area contributed by atoms with Crippen molar-refractivity contribution in [1.82, 2.24) is 4.98 Å². The Balaban J connectivity index is 2.09. The third-order valence-corrected chi connectivity index (χ3v) is 4.67. The van der Waals surface area contributed by atoms with Gasteiger partial charge in [-0.2, -0.15) is 0 Å². The van der Waals surface area contributed by atoms with E-state index in [-0.39, 0.29) is 5.91 Å². The van der Waals surface area contributed by atoms with Gasteiger partial charge < -0.3 is 9.47 Å². The molecule has 0 saturated heterocycles. The largest absolute Gasteiger partial charge is 0.457 e. The van der Waals surface area contributed by atoms with Crippen molar-refractivity contribution in [3.05, 3.63) is 71.1 Å². The van der Waals surface area contributed by atoms with Crippen molar-refractivity contribution in [3.8, 4) is 0 Å². The van der Waals surface area contributed by atoms with Gasteiger partial charge >= 0.3 is 11.9 Å². The first-order valence-corrected chi connectivity index (χ1v) is 11.0. The number of pyridine rings is 1. The number of hydrogen-bond donors (Lipinski definition) is 0. The first-order chi connectivity index (χ1) is 15.7. The monoisotopic (exact) mass is 462 g/mol. The minimum Gasteiger partial charge on any atom is -0.457 e. The smallest absolute Gasteiger partial charge is 0.333 e. The van der Waals surface area contributed by atoms with Gasteiger partial charge in [-0.25, -0.2) is 9.59 Å². The van der Waals surface area contributed by atoms with Crippen LogP contribution in [0, 0.1) is 6.92 Å². The van der Waals surface area contributed by atoms with E-state index in [0.717, 1.165) is 5.56 Å². The van der Waals surface area contributed by atoms with E-state index in [1.54, 1.807) is 41.5 Å². The normalized spacial score (nSPS) is 15.1. The number of aromatic nitrogens is 1. The van der Waals surface area contributed by atoms with Crippen LogP contribution >= 0.6 is 0 Å². The van der Waals surface area contributed by atoms with Crippen LogP contribution in [0.4, 0.5) is 5.69 Å². The molecule has 0 radical (unpaired) electrons. The van der Waals surface area contributed by atoms with Gasteiger partial charge in [0.15, 0.2) is 0 Å². The van der Waals surface area contributed by atoms with E-state index in [1.807, 2.05) is 31.2 Å². The molecule has 2 aromatic rings. The van der Waals surface area contributed by atoms with Crippen LogP contribution in [0.25, 0.3) is 11.8 Å². The van der Waals surface area contributed by atoms with E-state index in [2.05, 4.69) is 4.98 Å². The predicted molar refractivity (Wildman–Crippen MR) is 131 cm³/mol. The van der Waals surface area contributed by atoms with Crippen LogP contribution in [-0.4, -0.2) is 34.0 Å². The molecule has 0 fully saturated rings. The van der Waals surface area contributed by atoms with Gasteiger partial charge in [-0.15, -0.1) is 0 Å². The zero-order valence-corrected chi connectivity index (χ0v) is 20.6. The Morgan fingerprint density at radius 2 is 1.50 bits per heavy atom. The van der Waals surface area contributed by atoms with Crippen LogP contribution in [-0.2, 0) is 19.1 Å². The lowest BCUT2D eigenvalue weighted by molar-refractivity contribution is -0.149. The Morgan fingerprint density at radius 1 is 0.912 bits per heavy atom. The lowest BCUT2D eigenvalue weighted by atomic mass is 10.0. The number of carbonyl (C=O) groups excluding carboxylic acids is 3. The van der Waals surface area contributed by atoms with Gasteiger partial charge in [-0.3, -0.25) is 14.7 Å². The molecule has 0 atom stereocenters. The number of amides is 1. The summed E-state index contributed by atoms with van der Waals surface area (Å²) in [6, 6.07) is 7.40. The molecule has 0 saturated carbocycles. The van der Waals surface area contributed by atoms with Crippen molar-refractivity contribution >= 4 is 35.3 Å². The highest BCUT2D eigenvalue weighted by molar-refractivity contribution is 6.25. The number of fused-ring (bicyclic) bond motifs is 1. The van der Waals surface area contributed by atoms with Crippen LogP contribution in [0.2, 0.25) is 0 Å². The molecule has 1 aromatic carbocycles. The molecule has 2 heterocycles. The number of aryl methyl sites for hydroxylation is 1. The van der Waals surface area contributed by atoms with E-state index in [0.29, 0.717) is 28.1 Å². The maximum Gasteiger partial charge on any atom is 0.333 e. The summed E-state index contributed by atoms with van der Waals surface area (Å²) in [7, 11) is 0. The SMILES string of the molecule is Cc1ccc(N2C(=O)c3c(/C=C/C(=O)OC(C)(C)C)cncc3/C2=C\C(=O)OC(C)(C)C)cc1. The maximum atomic E-state index is 13.6. The Kier molecular flexibility index (Phi) is 6.77. The van der Waals surface area contributed by atoms with Crippen LogP contribution < -0.4 is 4.90 Å². The molecule has 1 aliphatic rings. The molecule has 1 aromatic heterocycles. The zero-order valence-electron chi connectivity index (χ0n) is 20.6. The molecule has 1 aliphatic heterocycles. The molecule has 7 heteroatoms. The van der Waals surface area contributed by atoms with Gasteiger partial charge in [0.2, 0.25) is 0 Å². The summed E-state index contributed by atoms with van der Waals surface area (Å²) in [6.45, 7) is 12.6. The molecule has 1 amide bonds. The number of ether oxygens (including phenoxy) is 2. The Hall–Kier alpha value is -3.74. The molecular formula is C27H30N2O5. The number of rotatable bonds is 4. The molecule has 0 spiro atoms. The summed E-state index contributed by atoms with van der Waals surface area (Å²) in [5, 5.41) is 0. The Bertz CT molecular complexity index is 1180. The Morgan fingerprint density at radius 3 is 2.09 bits per heavy atom. The average molecular weight is 463 g/mol. The second-order valence-electron chi connectivity index (χ2n) is 10.1. The number of nitrogens with zero attached hydrogens (tertiary/aromatic N) is 2. The summed E-state index contributed by atoms with van der Waals surface area (Å²) in [5.41, 5.74) is 1.92. The first-order valence-electron chi connectivity index (χ1n) is 11.0. The van der Waals surface area contributed by atoms with Crippen molar-refractivity contribution in [2.75, 3.05) is 4.90 Å². The van der Waals surface area contributed by atoms with Gasteiger partial charge in [-0.1, -0.05) is 17.7 Å². The molecule has 3 rings (SSSR count). The van der Waals surface area contributed by atoms with E-state index in [9.17, 15) is 14.4 Å². The minimum atomic E-state index is -0.690. The number of anilines is 1. The molecular weight excluding hydrogens is 432 g/mol. The van der Waals surface area contributed by atoms with Gasteiger partial charge in [0.05, 0.1) is 11.3 Å². The topological polar surface area (TPSA) is 85.8 Å². The van der Waals surface area contributed by atoms with E-state index < -0.39 is 23.1 Å². The quantitative estimate of drug-likeness (QED) is 0.465. The zero-order chi connectivity index (χ0) is 25.3. The fourth-order valence-corrected chi connectivity index (χ4v) is 3.41. The summed E-state index contributed by atoms with van der Waals surface area (Å²) >= 11 is 0. The highest BCUT2D eigenvalue weighted by atomic mass is 16.6. The van der Waals surface area contributed by atoms with Crippen LogP contribution in [0.1, 0.15) is 68.6 Å². The molecule has 0 N–H and O–H groups in total. The van der Waals surface area contributed by atoms with E-state index >= 15 is 0 Å². The van der Waals surface area contributed by atoms with Crippen LogP contribution in [0.5, 0.6) is 0 Å². The molecule has 178 valence electrons. The van der Waals surface area contributed by atoms with Crippen molar-refractivity contribution in [2.45, 2.75) is 59.7 Å². The van der Waals surface area contributed by atoms with E-state index in [4.69, 9.17) is 9.47 Å². The molecule has 0 unspecified atom stereocenters. The number of hydrogen-bond acceptors (Lipinski definition) is 6. The summed E-state index contributed by atoms with van der Waals surface area (Å²) in [5.74, 6) is -1.44. The van der Waals surface area contributed by atoms with Crippen molar-refractivity contribution in [1.29, 1.82) is 0 Å². The van der Waals surface area contributed by atoms with Crippen LogP contribution in [0.3, 0.4) is 0 Å². The number of benzene rings is 1. The lowest BCUT2D eigenvalue weighted by Gasteiger charge is -2.21. The number of esters is 2. The van der Waals surface area contributed by atoms with E-state index in [1.165, 1.54) is 35.5 Å². The second-order valence-corrected chi connectivity index (χ2v) is 10.1. The highest BCUT2D eigenvalue weighted by Crippen LogP contribution is 2.38. The lowest BCUT2D eigenvalue weighted by Crippen LogP contribution is -2.25. The van der Waals surface area contributed by atoms with Gasteiger partial charge in [0.1, 0.15) is 11.2 Å². The second kappa shape index (κ2) is 9.25. The fourth-order valence-electron chi connectivity index (χ4n) is 3.41.